The van der Waals surface area contributed by atoms with Gasteiger partial charge in [0.1, 0.15) is 24.3 Å². The second kappa shape index (κ2) is 11.8. The van der Waals surface area contributed by atoms with E-state index in [4.69, 9.17) is 25.6 Å². The van der Waals surface area contributed by atoms with E-state index in [0.29, 0.717) is 17.5 Å². The molecule has 32 heavy (non-hydrogen) atoms. The van der Waals surface area contributed by atoms with Gasteiger partial charge in [0.15, 0.2) is 0 Å². The molecule has 0 amide bonds. The summed E-state index contributed by atoms with van der Waals surface area (Å²) in [6, 6.07) is 9.77. The third kappa shape index (κ3) is 6.66. The van der Waals surface area contributed by atoms with E-state index in [1.165, 1.54) is 6.21 Å². The highest BCUT2D eigenvalue weighted by molar-refractivity contribution is 5.93. The van der Waals surface area contributed by atoms with Gasteiger partial charge in [-0.05, 0) is 50.8 Å². The number of aliphatic hydroxyl groups excluding tert-OH is 1. The lowest BCUT2D eigenvalue weighted by molar-refractivity contribution is 0.0699. The van der Waals surface area contributed by atoms with E-state index in [0.717, 1.165) is 55.1 Å². The molecule has 1 atom stereocenters. The maximum Gasteiger partial charge on any atom is 0.137 e. The van der Waals surface area contributed by atoms with E-state index in [1.807, 2.05) is 30.3 Å². The molecule has 3 rings (SSSR count). The minimum atomic E-state index is -0.702. The van der Waals surface area contributed by atoms with Gasteiger partial charge in [0.2, 0.25) is 0 Å². The number of aliphatic hydroxyl groups is 1. The first-order valence-electron chi connectivity index (χ1n) is 11.2. The highest BCUT2D eigenvalue weighted by Crippen LogP contribution is 2.31. The summed E-state index contributed by atoms with van der Waals surface area (Å²) in [5.74, 6) is 1.86. The Morgan fingerprint density at radius 2 is 2.09 bits per heavy atom. The Labute approximate surface area is 190 Å². The third-order valence-corrected chi connectivity index (χ3v) is 5.39. The number of hydrogen-bond acceptors (Lipinski definition) is 8. The topological polar surface area (TPSA) is 126 Å². The summed E-state index contributed by atoms with van der Waals surface area (Å²) in [4.78, 5) is 4.81. The maximum atomic E-state index is 9.68. The van der Waals surface area contributed by atoms with E-state index in [-0.39, 0.29) is 19.2 Å². The summed E-state index contributed by atoms with van der Waals surface area (Å²) in [6.07, 6.45) is 2.72. The number of benzene rings is 1. The fourth-order valence-electron chi connectivity index (χ4n) is 3.59. The summed E-state index contributed by atoms with van der Waals surface area (Å²) < 4.78 is 11.2. The molecule has 1 saturated heterocycles. The zero-order valence-electron chi connectivity index (χ0n) is 18.9. The van der Waals surface area contributed by atoms with Gasteiger partial charge in [0.05, 0.1) is 11.3 Å². The fraction of sp³-hybridized carbons (Fsp3) is 0.500. The molecule has 0 aliphatic carbocycles. The van der Waals surface area contributed by atoms with Crippen LogP contribution in [0.1, 0.15) is 32.3 Å². The second-order valence-electron chi connectivity index (χ2n) is 8.43. The number of anilines is 2. The van der Waals surface area contributed by atoms with Crippen molar-refractivity contribution in [1.29, 1.82) is 5.41 Å². The number of hydrogen-bond donors (Lipinski definition) is 5. The number of aromatic nitrogens is 1. The van der Waals surface area contributed by atoms with Gasteiger partial charge in [0, 0.05) is 49.8 Å². The van der Waals surface area contributed by atoms with Crippen LogP contribution in [-0.2, 0) is 4.74 Å². The molecule has 1 unspecified atom stereocenters. The number of nitrogens with zero attached hydrogens (tertiary/aromatic N) is 1. The Hall–Kier alpha value is -2.68. The van der Waals surface area contributed by atoms with Crippen molar-refractivity contribution in [2.45, 2.75) is 38.8 Å². The van der Waals surface area contributed by atoms with Gasteiger partial charge < -0.3 is 36.4 Å². The van der Waals surface area contributed by atoms with Crippen molar-refractivity contribution in [2.24, 2.45) is 11.7 Å². The van der Waals surface area contributed by atoms with Crippen LogP contribution in [0.5, 0.6) is 5.75 Å². The van der Waals surface area contributed by atoms with Crippen LogP contribution in [0.25, 0.3) is 11.3 Å². The van der Waals surface area contributed by atoms with Crippen molar-refractivity contribution in [2.75, 3.05) is 43.5 Å². The molecule has 0 bridgehead atoms. The zero-order chi connectivity index (χ0) is 22.9. The van der Waals surface area contributed by atoms with Gasteiger partial charge >= 0.3 is 0 Å². The summed E-state index contributed by atoms with van der Waals surface area (Å²) in [6.45, 7) is 6.82. The van der Waals surface area contributed by atoms with Crippen LogP contribution in [0.15, 0.2) is 30.3 Å². The van der Waals surface area contributed by atoms with Crippen molar-refractivity contribution < 1.29 is 14.6 Å². The average molecular weight is 442 g/mol. The standard InChI is InChI=1S/C24H35N5O3/c1-16(2)28-24-21(13-26)23(27-14-17-6-8-31-9-7-17)11-22(29-24)18-4-3-5-20(10-18)32-15-19(30)12-25/h3-5,10-11,13,16-17,19,26,30H,6-9,12,14-15,25H2,1-2H3,(H2,27,28,29). The first kappa shape index (κ1) is 24.0. The third-order valence-electron chi connectivity index (χ3n) is 5.39. The Balaban J connectivity index is 1.89. The van der Waals surface area contributed by atoms with Crippen LogP contribution >= 0.6 is 0 Å². The molecule has 174 valence electrons. The highest BCUT2D eigenvalue weighted by atomic mass is 16.5. The fourth-order valence-corrected chi connectivity index (χ4v) is 3.59. The quantitative estimate of drug-likeness (QED) is 0.339. The van der Waals surface area contributed by atoms with Crippen LogP contribution in [0.4, 0.5) is 11.5 Å². The van der Waals surface area contributed by atoms with Crippen molar-refractivity contribution >= 4 is 17.7 Å². The summed E-state index contributed by atoms with van der Waals surface area (Å²) >= 11 is 0. The van der Waals surface area contributed by atoms with E-state index >= 15 is 0 Å². The SMILES string of the molecule is CC(C)Nc1nc(-c2cccc(OCC(O)CN)c2)cc(NCC2CCOCC2)c1C=N. The predicted molar refractivity (Wildman–Crippen MR) is 129 cm³/mol. The monoisotopic (exact) mass is 441 g/mol. The number of nitrogens with one attached hydrogen (secondary N) is 3. The van der Waals surface area contributed by atoms with Crippen LogP contribution in [0, 0.1) is 11.3 Å². The summed E-state index contributed by atoms with van der Waals surface area (Å²) in [5, 5.41) is 24.6. The number of rotatable bonds is 11. The predicted octanol–water partition coefficient (Wildman–Crippen LogP) is 3.10. The molecule has 1 aromatic carbocycles. The van der Waals surface area contributed by atoms with Crippen molar-refractivity contribution in [3.8, 4) is 17.0 Å². The zero-order valence-corrected chi connectivity index (χ0v) is 18.9. The molecule has 8 nitrogen and oxygen atoms in total. The smallest absolute Gasteiger partial charge is 0.137 e. The molecule has 8 heteroatoms. The first-order chi connectivity index (χ1) is 15.5. The van der Waals surface area contributed by atoms with Crippen LogP contribution in [-0.4, -0.2) is 61.4 Å². The number of pyridine rings is 1. The van der Waals surface area contributed by atoms with E-state index in [1.54, 1.807) is 0 Å². The number of ether oxygens (including phenoxy) is 2. The molecule has 1 aromatic heterocycles. The minimum absolute atomic E-state index is 0.137. The van der Waals surface area contributed by atoms with Gasteiger partial charge in [0.25, 0.3) is 0 Å². The van der Waals surface area contributed by atoms with Gasteiger partial charge in [-0.1, -0.05) is 12.1 Å². The van der Waals surface area contributed by atoms with Crippen molar-refractivity contribution in [1.82, 2.24) is 4.98 Å². The van der Waals surface area contributed by atoms with Crippen LogP contribution < -0.4 is 21.1 Å². The minimum Gasteiger partial charge on any atom is -0.491 e. The molecule has 1 fully saturated rings. The van der Waals surface area contributed by atoms with Gasteiger partial charge in [-0.15, -0.1) is 0 Å². The first-order valence-corrected chi connectivity index (χ1v) is 11.2. The molecule has 0 radical (unpaired) electrons. The highest BCUT2D eigenvalue weighted by Gasteiger charge is 2.17. The van der Waals surface area contributed by atoms with Crippen LogP contribution in [0.3, 0.4) is 0 Å². The van der Waals surface area contributed by atoms with Gasteiger partial charge in [-0.2, -0.15) is 0 Å². The second-order valence-corrected chi connectivity index (χ2v) is 8.43. The van der Waals surface area contributed by atoms with E-state index in [2.05, 4.69) is 24.5 Å². The Morgan fingerprint density at radius 3 is 2.78 bits per heavy atom. The van der Waals surface area contributed by atoms with E-state index < -0.39 is 6.10 Å². The Morgan fingerprint density at radius 1 is 1.31 bits per heavy atom. The largest absolute Gasteiger partial charge is 0.491 e. The summed E-state index contributed by atoms with van der Waals surface area (Å²) in [7, 11) is 0. The average Bonchev–Trinajstić information content (AvgIpc) is 2.81. The molecule has 2 aromatic rings. The molecule has 0 spiro atoms. The van der Waals surface area contributed by atoms with Gasteiger partial charge in [-0.3, -0.25) is 0 Å². The van der Waals surface area contributed by atoms with E-state index in [9.17, 15) is 5.11 Å². The Bertz CT molecular complexity index is 884. The summed E-state index contributed by atoms with van der Waals surface area (Å²) in [5.41, 5.74) is 8.75. The molecule has 1 aliphatic rings. The lowest BCUT2D eigenvalue weighted by Crippen LogP contribution is -2.26. The molecule has 0 saturated carbocycles. The molecule has 6 N–H and O–H groups in total. The molecular weight excluding hydrogens is 406 g/mol. The Kier molecular flexibility index (Phi) is 8.84. The maximum absolute atomic E-state index is 9.68. The molecule has 2 heterocycles. The normalized spacial score (nSPS) is 15.4. The van der Waals surface area contributed by atoms with Gasteiger partial charge in [-0.25, -0.2) is 4.98 Å². The van der Waals surface area contributed by atoms with Crippen LogP contribution in [0.2, 0.25) is 0 Å². The number of nitrogens with two attached hydrogens (primary N) is 1. The van der Waals surface area contributed by atoms with Crippen molar-refractivity contribution in [3.63, 3.8) is 0 Å². The molecule has 1 aliphatic heterocycles. The molecular formula is C24H35N5O3. The lowest BCUT2D eigenvalue weighted by Gasteiger charge is -2.24. The van der Waals surface area contributed by atoms with Crippen molar-refractivity contribution in [3.05, 3.63) is 35.9 Å². The lowest BCUT2D eigenvalue weighted by atomic mass is 10.00.